The summed E-state index contributed by atoms with van der Waals surface area (Å²) in [5.74, 6) is 0.732. The van der Waals surface area contributed by atoms with Crippen LogP contribution in [0.1, 0.15) is 45.4 Å². The molecule has 0 aromatic carbocycles. The monoisotopic (exact) mass is 238 g/mol. The molecule has 0 spiro atoms. The molecule has 0 aromatic rings. The molecule has 0 radical (unpaired) electrons. The third-order valence-corrected chi connectivity index (χ3v) is 3.97. The Morgan fingerprint density at radius 3 is 2.29 bits per heavy atom. The fraction of sp³-hybridized carbons (Fsp3) is 0.846. The Hall–Kier alpha value is -1.06. The van der Waals surface area contributed by atoms with Gasteiger partial charge in [0.1, 0.15) is 0 Å². The van der Waals surface area contributed by atoms with Gasteiger partial charge in [-0.1, -0.05) is 13.3 Å². The smallest absolute Gasteiger partial charge is 0.223 e. The lowest BCUT2D eigenvalue weighted by molar-refractivity contribution is -0.132. The molecule has 4 heteroatoms. The Morgan fingerprint density at radius 1 is 1.18 bits per heavy atom. The van der Waals surface area contributed by atoms with Gasteiger partial charge in [0.05, 0.1) is 0 Å². The lowest BCUT2D eigenvalue weighted by Gasteiger charge is -2.34. The molecule has 1 aliphatic heterocycles. The molecule has 1 aliphatic carbocycles. The number of nitrogens with zero attached hydrogens (tertiary/aromatic N) is 1. The van der Waals surface area contributed by atoms with Crippen LogP contribution in [0, 0.1) is 5.92 Å². The zero-order valence-electron chi connectivity index (χ0n) is 10.6. The molecule has 2 fully saturated rings. The van der Waals surface area contributed by atoms with Gasteiger partial charge >= 0.3 is 0 Å². The van der Waals surface area contributed by atoms with Crippen LogP contribution in [0.4, 0.5) is 0 Å². The topological polar surface area (TPSA) is 49.4 Å². The third kappa shape index (κ3) is 2.99. The molecule has 2 rings (SSSR count). The molecule has 0 aromatic heterocycles. The maximum Gasteiger partial charge on any atom is 0.223 e. The van der Waals surface area contributed by atoms with Crippen LogP contribution in [0.2, 0.25) is 0 Å². The lowest BCUT2D eigenvalue weighted by Crippen LogP contribution is -2.48. The Balaban J connectivity index is 1.71. The second kappa shape index (κ2) is 5.52. The van der Waals surface area contributed by atoms with E-state index < -0.39 is 0 Å². The van der Waals surface area contributed by atoms with Crippen LogP contribution in [0.25, 0.3) is 0 Å². The van der Waals surface area contributed by atoms with Gasteiger partial charge in [0.15, 0.2) is 0 Å². The second-order valence-corrected chi connectivity index (χ2v) is 5.15. The Labute approximate surface area is 103 Å². The maximum atomic E-state index is 11.8. The van der Waals surface area contributed by atoms with E-state index in [0.29, 0.717) is 6.42 Å². The molecule has 1 saturated carbocycles. The van der Waals surface area contributed by atoms with Crippen LogP contribution < -0.4 is 5.32 Å². The highest BCUT2D eigenvalue weighted by atomic mass is 16.2. The van der Waals surface area contributed by atoms with Crippen molar-refractivity contribution in [2.75, 3.05) is 13.1 Å². The molecule has 2 amide bonds. The minimum Gasteiger partial charge on any atom is -0.353 e. The van der Waals surface area contributed by atoms with Crippen molar-refractivity contribution in [2.45, 2.75) is 51.5 Å². The molecule has 0 bridgehead atoms. The summed E-state index contributed by atoms with van der Waals surface area (Å²) in [6.07, 6.45) is 5.70. The van der Waals surface area contributed by atoms with Crippen LogP contribution in [0.3, 0.4) is 0 Å². The van der Waals surface area contributed by atoms with Crippen molar-refractivity contribution in [3.05, 3.63) is 0 Å². The zero-order chi connectivity index (χ0) is 12.3. The number of rotatable bonds is 3. The third-order valence-electron chi connectivity index (χ3n) is 3.97. The first-order chi connectivity index (χ1) is 8.20. The summed E-state index contributed by atoms with van der Waals surface area (Å²) in [7, 11) is 0. The van der Waals surface area contributed by atoms with Gasteiger partial charge in [-0.15, -0.1) is 0 Å². The summed E-state index contributed by atoms with van der Waals surface area (Å²) in [6, 6.07) is 0.281. The van der Waals surface area contributed by atoms with Gasteiger partial charge in [0.2, 0.25) is 11.8 Å². The summed E-state index contributed by atoms with van der Waals surface area (Å²) in [5.41, 5.74) is 0. The van der Waals surface area contributed by atoms with Gasteiger partial charge in [-0.05, 0) is 25.7 Å². The van der Waals surface area contributed by atoms with Gasteiger partial charge in [-0.3, -0.25) is 9.59 Å². The second-order valence-electron chi connectivity index (χ2n) is 5.15. The van der Waals surface area contributed by atoms with Gasteiger partial charge in [0.25, 0.3) is 0 Å². The first-order valence-corrected chi connectivity index (χ1v) is 6.79. The average molecular weight is 238 g/mol. The SMILES string of the molecule is CCC(=O)N1CCC(NC(=O)C2CCC2)CC1. The van der Waals surface area contributed by atoms with Crippen molar-refractivity contribution in [1.29, 1.82) is 0 Å². The molecule has 96 valence electrons. The van der Waals surface area contributed by atoms with E-state index in [1.54, 1.807) is 0 Å². The van der Waals surface area contributed by atoms with Gasteiger partial charge < -0.3 is 10.2 Å². The fourth-order valence-electron chi connectivity index (χ4n) is 2.49. The van der Waals surface area contributed by atoms with E-state index in [0.717, 1.165) is 38.8 Å². The molecule has 1 N–H and O–H groups in total. The number of amides is 2. The summed E-state index contributed by atoms with van der Waals surface area (Å²) < 4.78 is 0. The Bertz CT molecular complexity index is 292. The molecule has 17 heavy (non-hydrogen) atoms. The van der Waals surface area contributed by atoms with Crippen molar-refractivity contribution < 1.29 is 9.59 Å². The van der Waals surface area contributed by atoms with Gasteiger partial charge in [0, 0.05) is 31.5 Å². The van der Waals surface area contributed by atoms with Crippen molar-refractivity contribution in [3.63, 3.8) is 0 Å². The van der Waals surface area contributed by atoms with Crippen molar-refractivity contribution in [3.8, 4) is 0 Å². The van der Waals surface area contributed by atoms with E-state index in [4.69, 9.17) is 0 Å². The minimum absolute atomic E-state index is 0.230. The first-order valence-electron chi connectivity index (χ1n) is 6.79. The number of hydrogen-bond donors (Lipinski definition) is 1. The van der Waals surface area contributed by atoms with E-state index >= 15 is 0 Å². The number of nitrogens with one attached hydrogen (secondary N) is 1. The molecular weight excluding hydrogens is 216 g/mol. The van der Waals surface area contributed by atoms with E-state index in [2.05, 4.69) is 5.32 Å². The van der Waals surface area contributed by atoms with Crippen LogP contribution in [0.15, 0.2) is 0 Å². The summed E-state index contributed by atoms with van der Waals surface area (Å²) >= 11 is 0. The molecule has 0 unspecified atom stereocenters. The van der Waals surface area contributed by atoms with Crippen LogP contribution in [-0.2, 0) is 9.59 Å². The summed E-state index contributed by atoms with van der Waals surface area (Å²) in [6.45, 7) is 3.48. The van der Waals surface area contributed by atoms with Crippen molar-refractivity contribution in [2.24, 2.45) is 5.92 Å². The number of hydrogen-bond acceptors (Lipinski definition) is 2. The minimum atomic E-state index is 0.230. The van der Waals surface area contributed by atoms with Crippen molar-refractivity contribution >= 4 is 11.8 Å². The van der Waals surface area contributed by atoms with Crippen LogP contribution in [-0.4, -0.2) is 35.8 Å². The number of carbonyl (C=O) groups excluding carboxylic acids is 2. The highest BCUT2D eigenvalue weighted by molar-refractivity contribution is 5.79. The molecule has 2 aliphatic rings. The summed E-state index contributed by atoms with van der Waals surface area (Å²) in [5, 5.41) is 3.12. The van der Waals surface area contributed by atoms with E-state index in [1.807, 2.05) is 11.8 Å². The van der Waals surface area contributed by atoms with Crippen molar-refractivity contribution in [1.82, 2.24) is 10.2 Å². The number of likely N-dealkylation sites (tertiary alicyclic amines) is 1. The normalized spacial score (nSPS) is 22.1. The van der Waals surface area contributed by atoms with Gasteiger partial charge in [-0.2, -0.15) is 0 Å². The van der Waals surface area contributed by atoms with Gasteiger partial charge in [-0.25, -0.2) is 0 Å². The molecule has 0 atom stereocenters. The maximum absolute atomic E-state index is 11.8. The number of piperidine rings is 1. The van der Waals surface area contributed by atoms with E-state index in [9.17, 15) is 9.59 Å². The fourth-order valence-corrected chi connectivity index (χ4v) is 2.49. The predicted molar refractivity (Wildman–Crippen MR) is 65.4 cm³/mol. The van der Waals surface area contributed by atoms with E-state index in [1.165, 1.54) is 6.42 Å². The Kier molecular flexibility index (Phi) is 4.02. The molecular formula is C13H22N2O2. The molecule has 1 saturated heterocycles. The zero-order valence-corrected chi connectivity index (χ0v) is 10.6. The molecule has 1 heterocycles. The average Bonchev–Trinajstić information content (AvgIpc) is 2.26. The highest BCUT2D eigenvalue weighted by Gasteiger charge is 2.28. The Morgan fingerprint density at radius 2 is 1.82 bits per heavy atom. The standard InChI is InChI=1S/C13H22N2O2/c1-2-12(16)15-8-6-11(7-9-15)14-13(17)10-4-3-5-10/h10-11H,2-9H2,1H3,(H,14,17). The highest BCUT2D eigenvalue weighted by Crippen LogP contribution is 2.26. The van der Waals surface area contributed by atoms with Crippen LogP contribution >= 0.6 is 0 Å². The predicted octanol–water partition coefficient (Wildman–Crippen LogP) is 1.30. The molecule has 4 nitrogen and oxygen atoms in total. The first kappa shape index (κ1) is 12.4. The van der Waals surface area contributed by atoms with Crippen LogP contribution in [0.5, 0.6) is 0 Å². The summed E-state index contributed by atoms with van der Waals surface area (Å²) in [4.78, 5) is 25.2. The lowest BCUT2D eigenvalue weighted by atomic mass is 9.84. The largest absolute Gasteiger partial charge is 0.353 e. The quantitative estimate of drug-likeness (QED) is 0.805. The number of carbonyl (C=O) groups is 2. The van der Waals surface area contributed by atoms with E-state index in [-0.39, 0.29) is 23.8 Å².